The van der Waals surface area contributed by atoms with E-state index in [2.05, 4.69) is 25.6 Å². The molecule has 0 aliphatic rings. The number of hydrogen-bond donors (Lipinski definition) is 3. The number of nitrogens with one attached hydrogen (secondary N) is 2. The highest BCUT2D eigenvalue weighted by Gasteiger charge is 2.17. The number of carbonyl (C=O) groups excluding carboxylic acids is 1. The number of aliphatic hydroxyl groups is 1. The lowest BCUT2D eigenvalue weighted by atomic mass is 10.1. The number of hydrogen-bond acceptors (Lipinski definition) is 6. The SMILES string of the molecule is Cc1cc(Nc2cc(NC(=O)c3c(Cl)cc(CCCCO)cc3Cl)ccn2)nc(C)n1. The molecule has 0 unspecified atom stereocenters. The zero-order valence-electron chi connectivity index (χ0n) is 17.2. The average molecular weight is 460 g/mol. The molecule has 162 valence electrons. The first kappa shape index (κ1) is 22.9. The molecule has 3 aromatic rings. The highest BCUT2D eigenvalue weighted by atomic mass is 35.5. The Labute approximate surface area is 190 Å². The number of carbonyl (C=O) groups is 1. The molecule has 1 aromatic carbocycles. The van der Waals surface area contributed by atoms with E-state index in [1.54, 1.807) is 30.5 Å². The Balaban J connectivity index is 1.74. The number of halogens is 2. The van der Waals surface area contributed by atoms with Crippen molar-refractivity contribution in [2.75, 3.05) is 17.2 Å². The van der Waals surface area contributed by atoms with Gasteiger partial charge in [-0.3, -0.25) is 4.79 Å². The zero-order chi connectivity index (χ0) is 22.4. The van der Waals surface area contributed by atoms with Gasteiger partial charge in [-0.25, -0.2) is 15.0 Å². The molecule has 0 atom stereocenters. The molecule has 0 radical (unpaired) electrons. The van der Waals surface area contributed by atoms with Gasteiger partial charge in [0.25, 0.3) is 5.91 Å². The molecule has 0 aliphatic heterocycles. The van der Waals surface area contributed by atoms with Crippen LogP contribution in [0, 0.1) is 13.8 Å². The molecular formula is C22H23Cl2N5O2. The number of unbranched alkanes of at least 4 members (excludes halogenated alkanes) is 1. The monoisotopic (exact) mass is 459 g/mol. The van der Waals surface area contributed by atoms with Crippen LogP contribution in [0.4, 0.5) is 17.3 Å². The lowest BCUT2D eigenvalue weighted by Crippen LogP contribution is -2.14. The van der Waals surface area contributed by atoms with E-state index in [4.69, 9.17) is 28.3 Å². The largest absolute Gasteiger partial charge is 0.396 e. The van der Waals surface area contributed by atoms with Gasteiger partial charge in [0.05, 0.1) is 15.6 Å². The molecule has 7 nitrogen and oxygen atoms in total. The van der Waals surface area contributed by atoms with Crippen LogP contribution in [0.15, 0.2) is 36.5 Å². The first-order chi connectivity index (χ1) is 14.9. The summed E-state index contributed by atoms with van der Waals surface area (Å²) >= 11 is 12.7. The third-order valence-electron chi connectivity index (χ3n) is 4.44. The van der Waals surface area contributed by atoms with Gasteiger partial charge in [-0.1, -0.05) is 23.2 Å². The minimum atomic E-state index is -0.414. The number of rotatable bonds is 8. The van der Waals surface area contributed by atoms with E-state index in [-0.39, 0.29) is 22.2 Å². The Bertz CT molecular complexity index is 1050. The Morgan fingerprint density at radius 3 is 2.45 bits per heavy atom. The van der Waals surface area contributed by atoms with Crippen LogP contribution in [0.3, 0.4) is 0 Å². The summed E-state index contributed by atoms with van der Waals surface area (Å²) in [6.07, 6.45) is 3.81. The van der Waals surface area contributed by atoms with Crippen molar-refractivity contribution in [1.82, 2.24) is 15.0 Å². The number of pyridine rings is 1. The van der Waals surface area contributed by atoms with Gasteiger partial charge in [-0.15, -0.1) is 0 Å². The van der Waals surface area contributed by atoms with Gasteiger partial charge in [0.1, 0.15) is 17.5 Å². The van der Waals surface area contributed by atoms with Crippen LogP contribution in [-0.4, -0.2) is 32.6 Å². The van der Waals surface area contributed by atoms with Crippen LogP contribution < -0.4 is 10.6 Å². The van der Waals surface area contributed by atoms with Crippen LogP contribution >= 0.6 is 23.2 Å². The van der Waals surface area contributed by atoms with Gasteiger partial charge >= 0.3 is 0 Å². The molecule has 9 heteroatoms. The first-order valence-electron chi connectivity index (χ1n) is 9.81. The quantitative estimate of drug-likeness (QED) is 0.404. The molecule has 0 saturated heterocycles. The Morgan fingerprint density at radius 1 is 1.03 bits per heavy atom. The Kier molecular flexibility index (Phi) is 7.79. The summed E-state index contributed by atoms with van der Waals surface area (Å²) in [6.45, 7) is 3.84. The fourth-order valence-electron chi connectivity index (χ4n) is 3.11. The minimum absolute atomic E-state index is 0.140. The molecule has 0 spiro atoms. The number of anilines is 3. The number of aliphatic hydroxyl groups excluding tert-OH is 1. The van der Waals surface area contributed by atoms with E-state index in [1.807, 2.05) is 19.9 Å². The maximum atomic E-state index is 12.8. The van der Waals surface area contributed by atoms with Crippen molar-refractivity contribution in [2.24, 2.45) is 0 Å². The van der Waals surface area contributed by atoms with Gasteiger partial charge in [0, 0.05) is 36.3 Å². The van der Waals surface area contributed by atoms with Crippen LogP contribution in [0.5, 0.6) is 0 Å². The standard InChI is InChI=1S/C22H23Cl2N5O2/c1-13-9-20(27-14(2)26-13)29-19-12-16(6-7-25-19)28-22(31)21-17(23)10-15(11-18(21)24)5-3-4-8-30/h6-7,9-12,30H,3-5,8H2,1-2H3,(H2,25,26,27,28,29,31). The molecule has 3 rings (SSSR count). The predicted octanol–water partition coefficient (Wildman–Crippen LogP) is 5.11. The maximum absolute atomic E-state index is 12.8. The van der Waals surface area contributed by atoms with Crippen molar-refractivity contribution in [3.63, 3.8) is 0 Å². The van der Waals surface area contributed by atoms with Crippen molar-refractivity contribution in [3.8, 4) is 0 Å². The number of nitrogens with zero attached hydrogens (tertiary/aromatic N) is 3. The molecule has 3 N–H and O–H groups in total. The molecule has 2 aromatic heterocycles. The minimum Gasteiger partial charge on any atom is -0.396 e. The predicted molar refractivity (Wildman–Crippen MR) is 123 cm³/mol. The maximum Gasteiger partial charge on any atom is 0.258 e. The molecule has 0 bridgehead atoms. The molecule has 0 saturated carbocycles. The highest BCUT2D eigenvalue weighted by molar-refractivity contribution is 6.40. The summed E-state index contributed by atoms with van der Waals surface area (Å²) in [5.41, 5.74) is 2.50. The summed E-state index contributed by atoms with van der Waals surface area (Å²) in [5, 5.41) is 15.4. The third-order valence-corrected chi connectivity index (χ3v) is 5.04. The Morgan fingerprint density at radius 2 is 1.77 bits per heavy atom. The van der Waals surface area contributed by atoms with E-state index in [9.17, 15) is 4.79 Å². The normalized spacial score (nSPS) is 10.7. The van der Waals surface area contributed by atoms with Crippen molar-refractivity contribution in [2.45, 2.75) is 33.1 Å². The number of amides is 1. The highest BCUT2D eigenvalue weighted by Crippen LogP contribution is 2.28. The van der Waals surface area contributed by atoms with Crippen molar-refractivity contribution >= 4 is 46.4 Å². The van der Waals surface area contributed by atoms with E-state index in [1.165, 1.54) is 0 Å². The second kappa shape index (κ2) is 10.5. The second-order valence-corrected chi connectivity index (χ2v) is 7.88. The fourth-order valence-corrected chi connectivity index (χ4v) is 3.81. The van der Waals surface area contributed by atoms with Gasteiger partial charge in [-0.2, -0.15) is 0 Å². The smallest absolute Gasteiger partial charge is 0.258 e. The summed E-state index contributed by atoms with van der Waals surface area (Å²) in [6, 6.07) is 8.64. The molecule has 2 heterocycles. The van der Waals surface area contributed by atoms with E-state index in [0.29, 0.717) is 29.6 Å². The van der Waals surface area contributed by atoms with Gasteiger partial charge in [0.15, 0.2) is 0 Å². The van der Waals surface area contributed by atoms with E-state index in [0.717, 1.165) is 24.1 Å². The fraction of sp³-hybridized carbons (Fsp3) is 0.273. The van der Waals surface area contributed by atoms with Gasteiger partial charge < -0.3 is 15.7 Å². The van der Waals surface area contributed by atoms with E-state index >= 15 is 0 Å². The summed E-state index contributed by atoms with van der Waals surface area (Å²) < 4.78 is 0. The number of aromatic nitrogens is 3. The van der Waals surface area contributed by atoms with Crippen molar-refractivity contribution < 1.29 is 9.90 Å². The summed E-state index contributed by atoms with van der Waals surface area (Å²) in [5.74, 6) is 1.37. The van der Waals surface area contributed by atoms with Gasteiger partial charge in [0.2, 0.25) is 0 Å². The van der Waals surface area contributed by atoms with Crippen LogP contribution in [0.25, 0.3) is 0 Å². The van der Waals surface area contributed by atoms with Crippen LogP contribution in [0.1, 0.15) is 40.3 Å². The third kappa shape index (κ3) is 6.37. The zero-order valence-corrected chi connectivity index (χ0v) is 18.8. The lowest BCUT2D eigenvalue weighted by Gasteiger charge is -2.12. The topological polar surface area (TPSA) is 100 Å². The van der Waals surface area contributed by atoms with Crippen molar-refractivity contribution in [1.29, 1.82) is 0 Å². The van der Waals surface area contributed by atoms with Crippen molar-refractivity contribution in [3.05, 3.63) is 69.2 Å². The molecular weight excluding hydrogens is 437 g/mol. The molecule has 1 amide bonds. The molecule has 0 fully saturated rings. The first-order valence-corrected chi connectivity index (χ1v) is 10.6. The second-order valence-electron chi connectivity index (χ2n) is 7.07. The molecule has 0 aliphatic carbocycles. The number of benzene rings is 1. The molecule has 31 heavy (non-hydrogen) atoms. The Hall–Kier alpha value is -2.74. The average Bonchev–Trinajstić information content (AvgIpc) is 2.67. The lowest BCUT2D eigenvalue weighted by molar-refractivity contribution is 0.102. The van der Waals surface area contributed by atoms with Crippen LogP contribution in [0.2, 0.25) is 10.0 Å². The van der Waals surface area contributed by atoms with Gasteiger partial charge in [-0.05, 0) is 56.9 Å². The van der Waals surface area contributed by atoms with E-state index < -0.39 is 5.91 Å². The summed E-state index contributed by atoms with van der Waals surface area (Å²) in [4.78, 5) is 25.6. The number of aryl methyl sites for hydroxylation is 3. The van der Waals surface area contributed by atoms with Crippen LogP contribution in [-0.2, 0) is 6.42 Å². The summed E-state index contributed by atoms with van der Waals surface area (Å²) in [7, 11) is 0.